The first-order valence-corrected chi connectivity index (χ1v) is 6.41. The minimum absolute atomic E-state index is 0.316. The maximum Gasteiger partial charge on any atom is 0.191 e. The molecule has 0 amide bonds. The van der Waals surface area contributed by atoms with Crippen LogP contribution in [0.2, 0.25) is 0 Å². The van der Waals surface area contributed by atoms with Gasteiger partial charge in [-0.15, -0.1) is 0 Å². The molecule has 0 heterocycles. The van der Waals surface area contributed by atoms with Gasteiger partial charge in [-0.1, -0.05) is 51.8 Å². The summed E-state index contributed by atoms with van der Waals surface area (Å²) < 4.78 is 0. The largest absolute Gasteiger partial charge is 0.287 e. The van der Waals surface area contributed by atoms with E-state index in [4.69, 9.17) is 0 Å². The van der Waals surface area contributed by atoms with Gasteiger partial charge in [0, 0.05) is 5.92 Å². The van der Waals surface area contributed by atoms with Gasteiger partial charge in [0.25, 0.3) is 0 Å². The van der Waals surface area contributed by atoms with Crippen LogP contribution in [0.5, 0.6) is 0 Å². The van der Waals surface area contributed by atoms with Crippen molar-refractivity contribution in [3.05, 3.63) is 0 Å². The molecule has 0 radical (unpaired) electrons. The number of hydrogen-bond donors (Lipinski definition) is 0. The predicted molar refractivity (Wildman–Crippen MR) is 61.1 cm³/mol. The lowest BCUT2D eigenvalue weighted by Crippen LogP contribution is -2.10. The van der Waals surface area contributed by atoms with Crippen molar-refractivity contribution < 1.29 is 4.79 Å². The van der Waals surface area contributed by atoms with Crippen molar-refractivity contribution in [3.63, 3.8) is 0 Å². The molecular weight excluding hydrogens is 180 g/mol. The lowest BCUT2D eigenvalue weighted by molar-refractivity contribution is -0.114. The molecule has 2 heteroatoms. The van der Waals surface area contributed by atoms with Gasteiger partial charge in [-0.2, -0.15) is 0 Å². The highest BCUT2D eigenvalue weighted by Gasteiger charge is 2.14. The Hall–Kier alpha value is 0.0200. The molecule has 0 aromatic rings. The van der Waals surface area contributed by atoms with Crippen molar-refractivity contribution in [2.45, 2.75) is 52.9 Å². The van der Waals surface area contributed by atoms with Gasteiger partial charge < -0.3 is 0 Å². The molecule has 0 rings (SSSR count). The second kappa shape index (κ2) is 8.61. The Morgan fingerprint density at radius 1 is 1.23 bits per heavy atom. The summed E-state index contributed by atoms with van der Waals surface area (Å²) in [5, 5.41) is 0.404. The summed E-state index contributed by atoms with van der Waals surface area (Å²) >= 11 is 1.48. The summed E-state index contributed by atoms with van der Waals surface area (Å²) in [6.07, 6.45) is 5.82. The van der Waals surface area contributed by atoms with Gasteiger partial charge in [0.05, 0.1) is 0 Å². The van der Waals surface area contributed by atoms with Gasteiger partial charge in [-0.25, -0.2) is 0 Å². The van der Waals surface area contributed by atoms with Gasteiger partial charge >= 0.3 is 0 Å². The van der Waals surface area contributed by atoms with Crippen molar-refractivity contribution in [1.29, 1.82) is 0 Å². The second-order valence-electron chi connectivity index (χ2n) is 3.35. The van der Waals surface area contributed by atoms with Crippen LogP contribution in [0.1, 0.15) is 52.9 Å². The van der Waals surface area contributed by atoms with Crippen molar-refractivity contribution in [2.24, 2.45) is 5.92 Å². The first-order valence-electron chi connectivity index (χ1n) is 5.42. The lowest BCUT2D eigenvalue weighted by Gasteiger charge is -2.11. The highest BCUT2D eigenvalue weighted by Crippen LogP contribution is 2.20. The molecule has 1 nitrogen and oxygen atoms in total. The van der Waals surface area contributed by atoms with Crippen molar-refractivity contribution in [3.8, 4) is 0 Å². The Labute approximate surface area is 86.7 Å². The minimum Gasteiger partial charge on any atom is -0.287 e. The van der Waals surface area contributed by atoms with Crippen LogP contribution in [-0.4, -0.2) is 10.9 Å². The number of carbonyl (C=O) groups excluding carboxylic acids is 1. The van der Waals surface area contributed by atoms with Crippen molar-refractivity contribution >= 4 is 16.9 Å². The summed E-state index contributed by atoms with van der Waals surface area (Å²) in [4.78, 5) is 11.5. The molecule has 0 saturated heterocycles. The number of hydrogen-bond acceptors (Lipinski definition) is 2. The smallest absolute Gasteiger partial charge is 0.191 e. The van der Waals surface area contributed by atoms with Crippen LogP contribution < -0.4 is 0 Å². The maximum atomic E-state index is 11.5. The zero-order valence-corrected chi connectivity index (χ0v) is 9.95. The minimum atomic E-state index is 0.316. The Morgan fingerprint density at radius 2 is 1.92 bits per heavy atom. The lowest BCUT2D eigenvalue weighted by atomic mass is 10.0. The van der Waals surface area contributed by atoms with Crippen LogP contribution in [-0.2, 0) is 4.79 Å². The Morgan fingerprint density at radius 3 is 2.38 bits per heavy atom. The molecule has 0 aliphatic carbocycles. The van der Waals surface area contributed by atoms with E-state index < -0.39 is 0 Å². The summed E-state index contributed by atoms with van der Waals surface area (Å²) in [5.74, 6) is 1.24. The van der Waals surface area contributed by atoms with Crippen LogP contribution in [0, 0.1) is 5.92 Å². The van der Waals surface area contributed by atoms with Gasteiger partial charge in [0.2, 0.25) is 0 Å². The van der Waals surface area contributed by atoms with E-state index in [1.165, 1.54) is 31.0 Å². The number of unbranched alkanes of at least 4 members (excludes halogenated alkanes) is 2. The van der Waals surface area contributed by atoms with Crippen LogP contribution in [0.3, 0.4) is 0 Å². The van der Waals surface area contributed by atoms with E-state index in [0.717, 1.165) is 18.6 Å². The summed E-state index contributed by atoms with van der Waals surface area (Å²) in [6.45, 7) is 6.36. The number of rotatable bonds is 7. The molecule has 0 bridgehead atoms. The zero-order chi connectivity index (χ0) is 10.1. The van der Waals surface area contributed by atoms with Crippen molar-refractivity contribution in [1.82, 2.24) is 0 Å². The molecular formula is C11H22OS. The summed E-state index contributed by atoms with van der Waals surface area (Å²) in [7, 11) is 0. The average molecular weight is 202 g/mol. The summed E-state index contributed by atoms with van der Waals surface area (Å²) in [6, 6.07) is 0. The van der Waals surface area contributed by atoms with Gasteiger partial charge in [0.15, 0.2) is 5.12 Å². The second-order valence-corrected chi connectivity index (χ2v) is 4.62. The first kappa shape index (κ1) is 13.0. The predicted octanol–water partition coefficient (Wildman–Crippen LogP) is 3.87. The molecule has 0 aromatic heterocycles. The summed E-state index contributed by atoms with van der Waals surface area (Å²) in [5.41, 5.74) is 0. The fourth-order valence-electron chi connectivity index (χ4n) is 1.39. The molecule has 78 valence electrons. The van der Waals surface area contributed by atoms with Crippen LogP contribution in [0.4, 0.5) is 0 Å². The normalized spacial score (nSPS) is 12.8. The van der Waals surface area contributed by atoms with Crippen LogP contribution in [0.25, 0.3) is 0 Å². The average Bonchev–Trinajstić information content (AvgIpc) is 2.13. The number of thioether (sulfide) groups is 1. The van der Waals surface area contributed by atoms with Crippen LogP contribution >= 0.6 is 11.8 Å². The molecule has 0 spiro atoms. The molecule has 0 aliphatic heterocycles. The molecule has 0 fully saturated rings. The quantitative estimate of drug-likeness (QED) is 0.583. The highest BCUT2D eigenvalue weighted by molar-refractivity contribution is 8.13. The monoisotopic (exact) mass is 202 g/mol. The fraction of sp³-hybridized carbons (Fsp3) is 0.909. The van der Waals surface area contributed by atoms with Gasteiger partial charge in [-0.3, -0.25) is 4.79 Å². The first-order chi connectivity index (χ1) is 6.26. The third kappa shape index (κ3) is 6.14. The SMILES string of the molecule is CCCCCC(CC)C(=O)SCC. The number of carbonyl (C=O) groups is 1. The van der Waals surface area contributed by atoms with E-state index >= 15 is 0 Å². The maximum absolute atomic E-state index is 11.5. The van der Waals surface area contributed by atoms with E-state index in [-0.39, 0.29) is 0 Å². The Kier molecular flexibility index (Phi) is 8.62. The molecule has 1 atom stereocenters. The third-order valence-electron chi connectivity index (χ3n) is 2.27. The Balaban J connectivity index is 3.67. The highest BCUT2D eigenvalue weighted by atomic mass is 32.2. The van der Waals surface area contributed by atoms with Crippen molar-refractivity contribution in [2.75, 3.05) is 5.75 Å². The Bertz CT molecular complexity index is 134. The molecule has 1 unspecified atom stereocenters. The molecule has 13 heavy (non-hydrogen) atoms. The fourth-order valence-corrected chi connectivity index (χ4v) is 2.19. The van der Waals surface area contributed by atoms with Gasteiger partial charge in [0.1, 0.15) is 0 Å². The van der Waals surface area contributed by atoms with Gasteiger partial charge in [-0.05, 0) is 18.6 Å². The molecule has 0 aromatic carbocycles. The van der Waals surface area contributed by atoms with E-state index in [1.807, 2.05) is 6.92 Å². The molecule has 0 aliphatic rings. The van der Waals surface area contributed by atoms with E-state index in [1.54, 1.807) is 0 Å². The molecule has 0 N–H and O–H groups in total. The third-order valence-corrected chi connectivity index (χ3v) is 3.18. The van der Waals surface area contributed by atoms with E-state index in [2.05, 4.69) is 13.8 Å². The topological polar surface area (TPSA) is 17.1 Å². The van der Waals surface area contributed by atoms with E-state index in [9.17, 15) is 4.79 Å². The van der Waals surface area contributed by atoms with Crippen LogP contribution in [0.15, 0.2) is 0 Å². The molecule has 0 saturated carbocycles. The standard InChI is InChI=1S/C11H22OS/c1-4-7-8-9-10(5-2)11(12)13-6-3/h10H,4-9H2,1-3H3. The van der Waals surface area contributed by atoms with E-state index in [0.29, 0.717) is 11.0 Å². The zero-order valence-electron chi connectivity index (χ0n) is 9.14.